The van der Waals surface area contributed by atoms with Crippen molar-refractivity contribution >= 4 is 45.2 Å². The van der Waals surface area contributed by atoms with Crippen molar-refractivity contribution in [2.45, 2.75) is 115 Å². The number of hydrogen-bond acceptors (Lipinski definition) is 13. The van der Waals surface area contributed by atoms with Gasteiger partial charge in [-0.15, -0.1) is 6.42 Å². The van der Waals surface area contributed by atoms with Gasteiger partial charge in [0.15, 0.2) is 17.5 Å². The van der Waals surface area contributed by atoms with Crippen LogP contribution in [-0.2, 0) is 19.1 Å². The quantitative estimate of drug-likeness (QED) is 0.0368. The first kappa shape index (κ1) is 55.8. The number of carbonyl (C=O) groups is 3. The highest BCUT2D eigenvalue weighted by molar-refractivity contribution is 6.03. The fraction of sp³-hybridized carbons (Fsp3) is 0.450. The van der Waals surface area contributed by atoms with Gasteiger partial charge in [-0.25, -0.2) is 17.6 Å². The number of aromatic nitrogens is 4. The number of pyridine rings is 2. The van der Waals surface area contributed by atoms with Crippen LogP contribution in [0.15, 0.2) is 67.1 Å². The molecule has 20 heteroatoms. The topological polar surface area (TPSA) is 187 Å². The number of phenolic OH excluding ortho intramolecular Hbond substituents is 1. The van der Waals surface area contributed by atoms with Crippen molar-refractivity contribution in [3.63, 3.8) is 0 Å². The van der Waals surface area contributed by atoms with Gasteiger partial charge in [-0.1, -0.05) is 57.0 Å². The summed E-state index contributed by atoms with van der Waals surface area (Å²) in [7, 11) is 0. The van der Waals surface area contributed by atoms with Crippen molar-refractivity contribution in [3.05, 3.63) is 102 Å². The van der Waals surface area contributed by atoms with Gasteiger partial charge in [0, 0.05) is 74.5 Å². The molecule has 80 heavy (non-hydrogen) atoms. The molecule has 3 amide bonds. The van der Waals surface area contributed by atoms with Crippen LogP contribution in [0.3, 0.4) is 0 Å². The van der Waals surface area contributed by atoms with Gasteiger partial charge in [0.2, 0.25) is 17.7 Å². The number of anilines is 1. The summed E-state index contributed by atoms with van der Waals surface area (Å²) in [6.07, 6.45) is 14.8. The zero-order chi connectivity index (χ0) is 56.4. The molecule has 4 saturated heterocycles. The van der Waals surface area contributed by atoms with E-state index >= 15 is 8.78 Å². The maximum absolute atomic E-state index is 17.1. The van der Waals surface area contributed by atoms with Crippen LogP contribution < -0.4 is 25.6 Å². The molecule has 4 aliphatic rings. The molecule has 4 fully saturated rings. The molecule has 6 aromatic rings. The molecule has 16 nitrogen and oxygen atoms in total. The summed E-state index contributed by atoms with van der Waals surface area (Å²) in [4.78, 5) is 64.9. The predicted octanol–water partition coefficient (Wildman–Crippen LogP) is 8.13. The number of rotatable bonds is 18. The molecule has 3 aromatic carbocycles. The molecular formula is C60H66F4N10O6. The Labute approximate surface area is 462 Å². The minimum absolute atomic E-state index is 0.00710. The lowest BCUT2D eigenvalue weighted by atomic mass is 9.85. The van der Waals surface area contributed by atoms with E-state index in [1.165, 1.54) is 30.5 Å². The molecule has 4 N–H and O–H groups in total. The van der Waals surface area contributed by atoms with Crippen LogP contribution in [0.1, 0.15) is 96.2 Å². The number of terminal acetylenes is 1. The van der Waals surface area contributed by atoms with E-state index in [1.54, 1.807) is 36.1 Å². The van der Waals surface area contributed by atoms with E-state index < -0.39 is 46.8 Å². The van der Waals surface area contributed by atoms with E-state index in [9.17, 15) is 28.3 Å². The molecule has 0 radical (unpaired) electrons. The summed E-state index contributed by atoms with van der Waals surface area (Å²) >= 11 is 0. The number of piperazine rings is 1. The van der Waals surface area contributed by atoms with Gasteiger partial charge < -0.3 is 40.3 Å². The Balaban J connectivity index is 0.727. The normalized spacial score (nSPS) is 20.0. The standard InChI is InChI=1S/C60H66F4N10O6/c1-6-42-45(61)19-16-37-26-41(75)27-43(50(37)42)53-52(64)54-44(28-66-53)56(73-31-38-17-18-39(32-73)68-38)71-59(70-54)80-33-40-10-7-21-72(40)22-9-24-79-25-20-49(76)69-55(60(3,4)5)58(78)74-23-8-11-48(74)57(77)67-34(2)35-12-14-36(15-13-35)51-46(62)29-65-30-47(51)63/h1,12-16,19,26-30,34,38-40,48,55,68,75H,7-11,17-18,20-25,31-33H2,2-5H3,(H,67,77)(H,69,76)/t34-,38?,39?,40-,48-,55+/m0/s1. The Hall–Kier alpha value is -7.47. The maximum Gasteiger partial charge on any atom is 0.319 e. The molecule has 4 aliphatic heterocycles. The number of benzene rings is 3. The predicted molar refractivity (Wildman–Crippen MR) is 294 cm³/mol. The highest BCUT2D eigenvalue weighted by atomic mass is 19.1. The van der Waals surface area contributed by atoms with Crippen LogP contribution in [0.2, 0.25) is 0 Å². The monoisotopic (exact) mass is 1100 g/mol. The first-order chi connectivity index (χ1) is 38.4. The average molecular weight is 1100 g/mol. The summed E-state index contributed by atoms with van der Waals surface area (Å²) in [5.41, 5.74) is 0.0393. The lowest BCUT2D eigenvalue weighted by Gasteiger charge is -2.35. The summed E-state index contributed by atoms with van der Waals surface area (Å²) in [6.45, 7) is 11.3. The fourth-order valence-electron chi connectivity index (χ4n) is 11.8. The summed E-state index contributed by atoms with van der Waals surface area (Å²) in [5.74, 6) is -1.32. The van der Waals surface area contributed by atoms with Gasteiger partial charge in [0.1, 0.15) is 47.3 Å². The molecule has 0 aliphatic carbocycles. The average Bonchev–Trinajstić information content (AvgIpc) is 3.97. The number of amides is 3. The van der Waals surface area contributed by atoms with E-state index in [-0.39, 0.29) is 101 Å². The van der Waals surface area contributed by atoms with Crippen LogP contribution in [0, 0.1) is 41.0 Å². The van der Waals surface area contributed by atoms with Gasteiger partial charge >= 0.3 is 6.01 Å². The molecule has 0 spiro atoms. The fourth-order valence-corrected chi connectivity index (χ4v) is 11.8. The SMILES string of the molecule is C#Cc1c(F)ccc2cc(O)cc(-c3ncc4c(N5CC6CCC(C5)N6)nc(OC[C@@H]5CCCN5CCCOCCC(=O)N[C@H](C(=O)N5CCC[C@H]5C(=O)N[C@@H](C)c5ccc(-c6c(F)cncc6F)cc5)C(C)(C)C)nc4c3F)c12. The van der Waals surface area contributed by atoms with E-state index in [0.717, 1.165) is 44.6 Å². The number of ether oxygens (including phenoxy) is 2. The van der Waals surface area contributed by atoms with Gasteiger partial charge in [-0.05, 0) is 98.5 Å². The van der Waals surface area contributed by atoms with Crippen molar-refractivity contribution in [2.24, 2.45) is 5.41 Å². The number of nitrogens with one attached hydrogen (secondary N) is 3. The smallest absolute Gasteiger partial charge is 0.319 e. The van der Waals surface area contributed by atoms with E-state index in [2.05, 4.69) is 46.6 Å². The second-order valence-corrected chi connectivity index (χ2v) is 22.5. The van der Waals surface area contributed by atoms with Gasteiger partial charge in [0.25, 0.3) is 0 Å². The molecule has 420 valence electrons. The molecule has 10 rings (SSSR count). The lowest BCUT2D eigenvalue weighted by Crippen LogP contribution is -2.57. The number of carbonyl (C=O) groups excluding carboxylic acids is 3. The third-order valence-corrected chi connectivity index (χ3v) is 15.9. The number of phenols is 1. The third kappa shape index (κ3) is 11.9. The zero-order valence-electron chi connectivity index (χ0n) is 45.3. The van der Waals surface area contributed by atoms with Crippen LogP contribution in [0.5, 0.6) is 11.8 Å². The molecule has 6 atom stereocenters. The molecule has 0 saturated carbocycles. The largest absolute Gasteiger partial charge is 0.508 e. The Morgan fingerprint density at radius 3 is 2.36 bits per heavy atom. The van der Waals surface area contributed by atoms with Crippen molar-refractivity contribution in [3.8, 4) is 46.5 Å². The van der Waals surface area contributed by atoms with Gasteiger partial charge in [-0.2, -0.15) is 9.97 Å². The highest BCUT2D eigenvalue weighted by Crippen LogP contribution is 2.40. The Bertz CT molecular complexity index is 3320. The van der Waals surface area contributed by atoms with Crippen LogP contribution in [0.25, 0.3) is 44.1 Å². The number of halogens is 4. The minimum atomic E-state index is -0.908. The maximum atomic E-state index is 17.1. The highest BCUT2D eigenvalue weighted by Gasteiger charge is 2.42. The van der Waals surface area contributed by atoms with Crippen molar-refractivity contribution in [1.29, 1.82) is 0 Å². The number of aromatic hydroxyl groups is 1. The van der Waals surface area contributed by atoms with E-state index in [0.29, 0.717) is 79.8 Å². The lowest BCUT2D eigenvalue weighted by molar-refractivity contribution is -0.144. The van der Waals surface area contributed by atoms with E-state index in [4.69, 9.17) is 20.9 Å². The van der Waals surface area contributed by atoms with E-state index in [1.807, 2.05) is 20.8 Å². The molecule has 7 heterocycles. The first-order valence-corrected chi connectivity index (χ1v) is 27.5. The first-order valence-electron chi connectivity index (χ1n) is 27.5. The van der Waals surface area contributed by atoms with Crippen LogP contribution >= 0.6 is 0 Å². The molecular weight excluding hydrogens is 1030 g/mol. The minimum Gasteiger partial charge on any atom is -0.508 e. The van der Waals surface area contributed by atoms with Crippen molar-refractivity contribution < 1.29 is 46.5 Å². The second kappa shape index (κ2) is 23.7. The second-order valence-electron chi connectivity index (χ2n) is 22.5. The van der Waals surface area contributed by atoms with Crippen LogP contribution in [0.4, 0.5) is 23.4 Å². The summed E-state index contributed by atoms with van der Waals surface area (Å²) in [5, 5.41) is 21.3. The Morgan fingerprint density at radius 1 is 0.900 bits per heavy atom. The Morgan fingerprint density at radius 2 is 1.64 bits per heavy atom. The summed E-state index contributed by atoms with van der Waals surface area (Å²) < 4.78 is 73.2. The van der Waals surface area contributed by atoms with Gasteiger partial charge in [0.05, 0.1) is 41.6 Å². The van der Waals surface area contributed by atoms with Gasteiger partial charge in [-0.3, -0.25) is 29.3 Å². The third-order valence-electron chi connectivity index (χ3n) is 15.9. The summed E-state index contributed by atoms with van der Waals surface area (Å²) in [6, 6.07) is 10.4. The molecule has 2 unspecified atom stereocenters. The number of hydrogen-bond donors (Lipinski definition) is 4. The van der Waals surface area contributed by atoms with Crippen molar-refractivity contribution in [1.82, 2.24) is 45.7 Å². The Kier molecular flexibility index (Phi) is 16.5. The number of likely N-dealkylation sites (tertiary alicyclic amines) is 2. The zero-order valence-corrected chi connectivity index (χ0v) is 45.3. The molecule has 3 aromatic heterocycles. The van der Waals surface area contributed by atoms with Crippen LogP contribution in [-0.4, -0.2) is 135 Å². The molecule has 2 bridgehead atoms. The number of nitrogens with zero attached hydrogens (tertiary/aromatic N) is 7. The number of fused-ring (bicyclic) bond motifs is 4. The van der Waals surface area contributed by atoms with Crippen molar-refractivity contribution in [2.75, 3.05) is 57.4 Å².